The van der Waals surface area contributed by atoms with Crippen molar-refractivity contribution in [2.45, 2.75) is 20.4 Å². The smallest absolute Gasteiger partial charge is 0.308 e. The lowest BCUT2D eigenvalue weighted by molar-refractivity contribution is -0.141. The SMILES string of the molecule is Cc1ncsc1C(=O)N(Cc1ccccc1)C[C@@H](C)C(=O)O. The van der Waals surface area contributed by atoms with Gasteiger partial charge in [-0.15, -0.1) is 11.3 Å². The quantitative estimate of drug-likeness (QED) is 0.889. The van der Waals surface area contributed by atoms with Crippen LogP contribution in [0.3, 0.4) is 0 Å². The van der Waals surface area contributed by atoms with E-state index in [1.54, 1.807) is 24.3 Å². The Morgan fingerprint density at radius 2 is 2.00 bits per heavy atom. The molecular formula is C16H18N2O3S. The highest BCUT2D eigenvalue weighted by Crippen LogP contribution is 2.18. The van der Waals surface area contributed by atoms with E-state index in [2.05, 4.69) is 4.98 Å². The summed E-state index contributed by atoms with van der Waals surface area (Å²) >= 11 is 1.28. The summed E-state index contributed by atoms with van der Waals surface area (Å²) in [6, 6.07) is 9.55. The zero-order valence-corrected chi connectivity index (χ0v) is 13.3. The summed E-state index contributed by atoms with van der Waals surface area (Å²) in [6.45, 7) is 3.94. The summed E-state index contributed by atoms with van der Waals surface area (Å²) in [6.07, 6.45) is 0. The monoisotopic (exact) mass is 318 g/mol. The first kappa shape index (κ1) is 16.2. The first-order valence-corrected chi connectivity index (χ1v) is 7.83. The van der Waals surface area contributed by atoms with Gasteiger partial charge in [0.25, 0.3) is 5.91 Å². The van der Waals surface area contributed by atoms with Crippen molar-refractivity contribution in [3.8, 4) is 0 Å². The molecule has 0 bridgehead atoms. The van der Waals surface area contributed by atoms with Crippen LogP contribution in [0.4, 0.5) is 0 Å². The van der Waals surface area contributed by atoms with Crippen LogP contribution >= 0.6 is 11.3 Å². The second kappa shape index (κ2) is 7.17. The highest BCUT2D eigenvalue weighted by Gasteiger charge is 2.24. The fraction of sp³-hybridized carbons (Fsp3) is 0.312. The Kier molecular flexibility index (Phi) is 5.27. The zero-order valence-electron chi connectivity index (χ0n) is 12.5. The molecule has 0 saturated heterocycles. The minimum atomic E-state index is -0.910. The standard InChI is InChI=1S/C16H18N2O3S/c1-11(16(20)21)8-18(9-13-6-4-3-5-7-13)15(19)14-12(2)17-10-22-14/h3-7,10-11H,8-9H2,1-2H3,(H,20,21)/t11-/m1/s1. The van der Waals surface area contributed by atoms with Crippen LogP contribution < -0.4 is 0 Å². The molecule has 0 spiro atoms. The largest absolute Gasteiger partial charge is 0.481 e. The lowest BCUT2D eigenvalue weighted by Gasteiger charge is -2.24. The van der Waals surface area contributed by atoms with E-state index in [-0.39, 0.29) is 12.5 Å². The number of carbonyl (C=O) groups is 2. The lowest BCUT2D eigenvalue weighted by atomic mass is 10.1. The van der Waals surface area contributed by atoms with Gasteiger partial charge >= 0.3 is 5.97 Å². The Hall–Kier alpha value is -2.21. The highest BCUT2D eigenvalue weighted by molar-refractivity contribution is 7.11. The predicted molar refractivity (Wildman–Crippen MR) is 84.8 cm³/mol. The number of carboxylic acids is 1. The average Bonchev–Trinajstić information content (AvgIpc) is 2.92. The van der Waals surface area contributed by atoms with Gasteiger partial charge in [0.2, 0.25) is 0 Å². The summed E-state index contributed by atoms with van der Waals surface area (Å²) < 4.78 is 0. The van der Waals surface area contributed by atoms with Crippen LogP contribution in [0, 0.1) is 12.8 Å². The molecule has 0 fully saturated rings. The Labute approximate surface area is 133 Å². The summed E-state index contributed by atoms with van der Waals surface area (Å²) in [5.41, 5.74) is 3.27. The van der Waals surface area contributed by atoms with Crippen LogP contribution in [0.25, 0.3) is 0 Å². The summed E-state index contributed by atoms with van der Waals surface area (Å²) in [5, 5.41) is 9.12. The van der Waals surface area contributed by atoms with E-state index >= 15 is 0 Å². The van der Waals surface area contributed by atoms with Crippen LogP contribution in [0.15, 0.2) is 35.8 Å². The summed E-state index contributed by atoms with van der Waals surface area (Å²) in [4.78, 5) is 30.0. The van der Waals surface area contributed by atoms with Crippen LogP contribution in [0.5, 0.6) is 0 Å². The molecule has 22 heavy (non-hydrogen) atoms. The molecule has 5 nitrogen and oxygen atoms in total. The molecule has 0 saturated carbocycles. The van der Waals surface area contributed by atoms with Crippen molar-refractivity contribution in [2.24, 2.45) is 5.92 Å². The average molecular weight is 318 g/mol. The van der Waals surface area contributed by atoms with E-state index in [1.165, 1.54) is 11.3 Å². The Balaban J connectivity index is 2.23. The molecule has 1 atom stereocenters. The number of amides is 1. The molecular weight excluding hydrogens is 300 g/mol. The maximum absolute atomic E-state index is 12.7. The molecule has 2 aromatic rings. The van der Waals surface area contributed by atoms with Crippen LogP contribution in [0.1, 0.15) is 27.9 Å². The van der Waals surface area contributed by atoms with Gasteiger partial charge in [0.05, 0.1) is 17.1 Å². The minimum absolute atomic E-state index is 0.167. The van der Waals surface area contributed by atoms with Gasteiger partial charge < -0.3 is 10.0 Å². The number of nitrogens with zero attached hydrogens (tertiary/aromatic N) is 2. The fourth-order valence-electron chi connectivity index (χ4n) is 2.08. The van der Waals surface area contributed by atoms with Gasteiger partial charge in [0, 0.05) is 13.1 Å². The second-order valence-corrected chi connectivity index (χ2v) is 6.03. The Morgan fingerprint density at radius 1 is 1.32 bits per heavy atom. The number of thiazole rings is 1. The van der Waals surface area contributed by atoms with Gasteiger partial charge in [0.1, 0.15) is 4.88 Å². The first-order chi connectivity index (χ1) is 10.5. The third-order valence-electron chi connectivity index (χ3n) is 3.36. The minimum Gasteiger partial charge on any atom is -0.481 e. The molecule has 0 radical (unpaired) electrons. The van der Waals surface area contributed by atoms with Crippen LogP contribution in [-0.4, -0.2) is 33.4 Å². The number of rotatable bonds is 6. The molecule has 0 unspecified atom stereocenters. The maximum Gasteiger partial charge on any atom is 0.308 e. The molecule has 1 aromatic heterocycles. The van der Waals surface area contributed by atoms with Crippen molar-refractivity contribution < 1.29 is 14.7 Å². The molecule has 1 amide bonds. The van der Waals surface area contributed by atoms with Crippen LogP contribution in [-0.2, 0) is 11.3 Å². The Bertz CT molecular complexity index is 654. The van der Waals surface area contributed by atoms with Crippen molar-refractivity contribution in [1.29, 1.82) is 0 Å². The fourth-order valence-corrected chi connectivity index (χ4v) is 2.85. The van der Waals surface area contributed by atoms with Crippen LogP contribution in [0.2, 0.25) is 0 Å². The zero-order chi connectivity index (χ0) is 16.1. The van der Waals surface area contributed by atoms with Gasteiger partial charge in [-0.05, 0) is 12.5 Å². The van der Waals surface area contributed by atoms with Crippen molar-refractivity contribution in [2.75, 3.05) is 6.54 Å². The molecule has 116 valence electrons. The number of carboxylic acid groups (broad SMARTS) is 1. The number of hydrogen-bond acceptors (Lipinski definition) is 4. The molecule has 2 rings (SSSR count). The molecule has 0 aliphatic carbocycles. The third kappa shape index (κ3) is 3.92. The van der Waals surface area contributed by atoms with Crippen molar-refractivity contribution in [3.63, 3.8) is 0 Å². The molecule has 1 N–H and O–H groups in total. The number of hydrogen-bond donors (Lipinski definition) is 1. The first-order valence-electron chi connectivity index (χ1n) is 6.95. The van der Waals surface area contributed by atoms with Gasteiger partial charge in [-0.1, -0.05) is 37.3 Å². The topological polar surface area (TPSA) is 70.5 Å². The van der Waals surface area contributed by atoms with E-state index in [4.69, 9.17) is 5.11 Å². The normalized spacial score (nSPS) is 11.9. The van der Waals surface area contributed by atoms with E-state index < -0.39 is 11.9 Å². The summed E-state index contributed by atoms with van der Waals surface area (Å²) in [5.74, 6) is -1.70. The van der Waals surface area contributed by atoms with Crippen molar-refractivity contribution in [3.05, 3.63) is 52.0 Å². The number of aryl methyl sites for hydroxylation is 1. The lowest BCUT2D eigenvalue weighted by Crippen LogP contribution is -2.36. The third-order valence-corrected chi connectivity index (χ3v) is 4.28. The van der Waals surface area contributed by atoms with E-state index in [9.17, 15) is 9.59 Å². The molecule has 1 aromatic carbocycles. The molecule has 0 aliphatic rings. The highest BCUT2D eigenvalue weighted by atomic mass is 32.1. The van der Waals surface area contributed by atoms with Gasteiger partial charge in [-0.3, -0.25) is 9.59 Å². The number of aromatic nitrogens is 1. The van der Waals surface area contributed by atoms with E-state index in [1.807, 2.05) is 30.3 Å². The van der Waals surface area contributed by atoms with E-state index in [0.29, 0.717) is 17.1 Å². The Morgan fingerprint density at radius 3 is 2.55 bits per heavy atom. The second-order valence-electron chi connectivity index (χ2n) is 5.18. The molecule has 1 heterocycles. The van der Waals surface area contributed by atoms with Crippen molar-refractivity contribution >= 4 is 23.2 Å². The van der Waals surface area contributed by atoms with Gasteiger partial charge in [0.15, 0.2) is 0 Å². The summed E-state index contributed by atoms with van der Waals surface area (Å²) in [7, 11) is 0. The number of carbonyl (C=O) groups excluding carboxylic acids is 1. The number of benzene rings is 1. The van der Waals surface area contributed by atoms with E-state index in [0.717, 1.165) is 5.56 Å². The van der Waals surface area contributed by atoms with Crippen molar-refractivity contribution in [1.82, 2.24) is 9.88 Å². The van der Waals surface area contributed by atoms with Gasteiger partial charge in [-0.2, -0.15) is 0 Å². The maximum atomic E-state index is 12.7. The van der Waals surface area contributed by atoms with Gasteiger partial charge in [-0.25, -0.2) is 4.98 Å². The number of aliphatic carboxylic acids is 1. The molecule has 0 aliphatic heterocycles. The molecule has 6 heteroatoms. The predicted octanol–water partition coefficient (Wildman–Crippen LogP) is 2.81.